The molecule has 14 heavy (non-hydrogen) atoms. The van der Waals surface area contributed by atoms with Crippen molar-refractivity contribution in [2.24, 2.45) is 11.5 Å². The Kier molecular flexibility index (Phi) is 10.9. The Morgan fingerprint density at radius 3 is 2.00 bits per heavy atom. The summed E-state index contributed by atoms with van der Waals surface area (Å²) in [6.07, 6.45) is 0.873. The monoisotopic (exact) mass is 206 g/mol. The van der Waals surface area contributed by atoms with E-state index in [2.05, 4.69) is 6.92 Å². The molecule has 0 aliphatic heterocycles. The van der Waals surface area contributed by atoms with Gasteiger partial charge in [0.05, 0.1) is 0 Å². The van der Waals surface area contributed by atoms with Gasteiger partial charge in [-0.1, -0.05) is 6.92 Å². The van der Waals surface area contributed by atoms with Crippen molar-refractivity contribution >= 4 is 11.9 Å². The van der Waals surface area contributed by atoms with Gasteiger partial charge in [-0.05, 0) is 19.4 Å². The molecule has 6 N–H and O–H groups in total. The highest BCUT2D eigenvalue weighted by molar-refractivity contribution is 5.74. The summed E-state index contributed by atoms with van der Waals surface area (Å²) in [4.78, 5) is 19.9. The Bertz CT molecular complexity index is 171. The lowest BCUT2D eigenvalue weighted by atomic mass is 10.2. The van der Waals surface area contributed by atoms with Crippen LogP contribution in [0.15, 0.2) is 0 Å². The summed E-state index contributed by atoms with van der Waals surface area (Å²) in [6, 6.07) is -1.06. The summed E-state index contributed by atoms with van der Waals surface area (Å²) in [7, 11) is 0. The molecular weight excluding hydrogens is 188 g/mol. The van der Waals surface area contributed by atoms with E-state index in [9.17, 15) is 9.59 Å². The van der Waals surface area contributed by atoms with Crippen LogP contribution in [0.2, 0.25) is 0 Å². The molecule has 0 aliphatic carbocycles. The molecule has 84 valence electrons. The molecule has 1 atom stereocenters. The molecule has 0 aliphatic rings. The Morgan fingerprint density at radius 2 is 1.79 bits per heavy atom. The van der Waals surface area contributed by atoms with Crippen LogP contribution in [0.25, 0.3) is 0 Å². The highest BCUT2D eigenvalue weighted by Gasteiger charge is 2.12. The second-order valence-corrected chi connectivity index (χ2v) is 2.67. The van der Waals surface area contributed by atoms with Gasteiger partial charge in [-0.3, -0.25) is 9.59 Å². The normalized spacial score (nSPS) is 11.1. The van der Waals surface area contributed by atoms with Gasteiger partial charge < -0.3 is 21.7 Å². The van der Waals surface area contributed by atoms with Crippen LogP contribution in [0.1, 0.15) is 26.2 Å². The van der Waals surface area contributed by atoms with Crippen LogP contribution in [0, 0.1) is 0 Å². The molecule has 0 bridgehead atoms. The average Bonchev–Trinajstić information content (AvgIpc) is 2.14. The minimum absolute atomic E-state index is 0.0231. The van der Waals surface area contributed by atoms with E-state index in [1.165, 1.54) is 0 Å². The highest BCUT2D eigenvalue weighted by atomic mass is 16.4. The number of nitrogens with two attached hydrogens (primary N) is 2. The third kappa shape index (κ3) is 13.4. The van der Waals surface area contributed by atoms with Crippen LogP contribution in [-0.2, 0) is 9.59 Å². The lowest BCUT2D eigenvalue weighted by Gasteiger charge is -2.01. The van der Waals surface area contributed by atoms with Crippen molar-refractivity contribution in [3.63, 3.8) is 0 Å². The van der Waals surface area contributed by atoms with Gasteiger partial charge in [0.1, 0.15) is 6.04 Å². The van der Waals surface area contributed by atoms with E-state index in [0.29, 0.717) is 0 Å². The average molecular weight is 206 g/mol. The molecule has 0 rings (SSSR count). The van der Waals surface area contributed by atoms with Crippen molar-refractivity contribution in [2.45, 2.75) is 32.2 Å². The van der Waals surface area contributed by atoms with E-state index in [0.717, 1.165) is 13.0 Å². The van der Waals surface area contributed by atoms with E-state index in [1.54, 1.807) is 0 Å². The van der Waals surface area contributed by atoms with Gasteiger partial charge in [-0.25, -0.2) is 0 Å². The molecule has 0 saturated carbocycles. The van der Waals surface area contributed by atoms with Crippen molar-refractivity contribution < 1.29 is 19.8 Å². The molecule has 0 aromatic rings. The maximum Gasteiger partial charge on any atom is 0.320 e. The maximum absolute atomic E-state index is 9.99. The molecule has 0 amide bonds. The first-order valence-corrected chi connectivity index (χ1v) is 4.35. The smallest absolute Gasteiger partial charge is 0.320 e. The third-order valence-corrected chi connectivity index (χ3v) is 1.28. The van der Waals surface area contributed by atoms with Crippen LogP contribution in [0.5, 0.6) is 0 Å². The molecule has 6 nitrogen and oxygen atoms in total. The van der Waals surface area contributed by atoms with Crippen LogP contribution < -0.4 is 11.5 Å². The molecule has 0 aromatic carbocycles. The van der Waals surface area contributed by atoms with Crippen molar-refractivity contribution in [1.29, 1.82) is 0 Å². The van der Waals surface area contributed by atoms with Crippen LogP contribution in [0.4, 0.5) is 0 Å². The standard InChI is InChI=1S/C5H9NO4.C3H9N/c6-3(5(9)10)1-2-4(7)8;1-2-3-4/h3H,1-2,6H2,(H,7,8)(H,9,10);2-4H2,1H3/t3-;/m0./s1. The maximum atomic E-state index is 9.99. The second-order valence-electron chi connectivity index (χ2n) is 2.67. The number of aliphatic carboxylic acids is 2. The van der Waals surface area contributed by atoms with Crippen molar-refractivity contribution in [2.75, 3.05) is 6.54 Å². The van der Waals surface area contributed by atoms with Crippen molar-refractivity contribution in [1.82, 2.24) is 0 Å². The minimum atomic E-state index is -1.17. The summed E-state index contributed by atoms with van der Waals surface area (Å²) in [5.74, 6) is -2.20. The first-order chi connectivity index (χ1) is 6.45. The number of hydrogen-bond donors (Lipinski definition) is 4. The quantitative estimate of drug-likeness (QED) is 0.485. The van der Waals surface area contributed by atoms with Crippen LogP contribution in [-0.4, -0.2) is 34.7 Å². The molecule has 0 radical (unpaired) electrons. The van der Waals surface area contributed by atoms with Gasteiger partial charge in [-0.2, -0.15) is 0 Å². The molecule has 0 spiro atoms. The molecule has 0 heterocycles. The fourth-order valence-corrected chi connectivity index (χ4v) is 0.402. The number of carbonyl (C=O) groups is 2. The fourth-order valence-electron chi connectivity index (χ4n) is 0.402. The lowest BCUT2D eigenvalue weighted by Crippen LogP contribution is -2.30. The second kappa shape index (κ2) is 9.94. The summed E-state index contributed by atoms with van der Waals surface area (Å²) < 4.78 is 0. The number of hydrogen-bond acceptors (Lipinski definition) is 4. The van der Waals surface area contributed by atoms with Crippen molar-refractivity contribution in [3.05, 3.63) is 0 Å². The van der Waals surface area contributed by atoms with Gasteiger partial charge in [0.15, 0.2) is 0 Å². The predicted octanol–water partition coefficient (Wildman–Crippen LogP) is -0.382. The Labute approximate surface area is 82.9 Å². The molecule has 0 fully saturated rings. The minimum Gasteiger partial charge on any atom is -0.481 e. The third-order valence-electron chi connectivity index (χ3n) is 1.28. The Hall–Kier alpha value is -1.14. The zero-order valence-corrected chi connectivity index (χ0v) is 8.27. The molecular formula is C8H18N2O4. The zero-order valence-electron chi connectivity index (χ0n) is 8.27. The first-order valence-electron chi connectivity index (χ1n) is 4.35. The van der Waals surface area contributed by atoms with Gasteiger partial charge in [0.2, 0.25) is 0 Å². The topological polar surface area (TPSA) is 127 Å². The number of carboxylic acid groups (broad SMARTS) is 2. The summed E-state index contributed by atoms with van der Waals surface area (Å²) in [5.41, 5.74) is 10.0. The Balaban J connectivity index is 0. The Morgan fingerprint density at radius 1 is 1.36 bits per heavy atom. The van der Waals surface area contributed by atoms with Gasteiger partial charge in [-0.15, -0.1) is 0 Å². The van der Waals surface area contributed by atoms with Gasteiger partial charge >= 0.3 is 11.9 Å². The van der Waals surface area contributed by atoms with Crippen molar-refractivity contribution in [3.8, 4) is 0 Å². The number of rotatable bonds is 5. The summed E-state index contributed by atoms with van der Waals surface area (Å²) in [6.45, 7) is 2.88. The van der Waals surface area contributed by atoms with E-state index in [-0.39, 0.29) is 12.8 Å². The lowest BCUT2D eigenvalue weighted by molar-refractivity contribution is -0.139. The molecule has 0 unspecified atom stereocenters. The SMILES string of the molecule is CCCN.N[C@@H](CCC(=O)O)C(=O)O. The zero-order chi connectivity index (χ0) is 11.6. The van der Waals surface area contributed by atoms with E-state index in [4.69, 9.17) is 21.7 Å². The number of carboxylic acids is 2. The molecule has 0 saturated heterocycles. The van der Waals surface area contributed by atoms with Gasteiger partial charge in [0, 0.05) is 6.42 Å². The van der Waals surface area contributed by atoms with E-state index >= 15 is 0 Å². The van der Waals surface area contributed by atoms with E-state index < -0.39 is 18.0 Å². The molecule has 0 aromatic heterocycles. The predicted molar refractivity (Wildman–Crippen MR) is 51.8 cm³/mol. The van der Waals surface area contributed by atoms with Gasteiger partial charge in [0.25, 0.3) is 0 Å². The van der Waals surface area contributed by atoms with Crippen LogP contribution >= 0.6 is 0 Å². The highest BCUT2D eigenvalue weighted by Crippen LogP contribution is 1.93. The summed E-state index contributed by atoms with van der Waals surface area (Å²) in [5, 5.41) is 16.3. The first kappa shape index (κ1) is 15.3. The van der Waals surface area contributed by atoms with E-state index in [1.807, 2.05) is 0 Å². The fraction of sp³-hybridized carbons (Fsp3) is 0.750. The largest absolute Gasteiger partial charge is 0.481 e. The van der Waals surface area contributed by atoms with Crippen LogP contribution in [0.3, 0.4) is 0 Å². The molecule has 6 heteroatoms. The summed E-state index contributed by atoms with van der Waals surface area (Å²) >= 11 is 0.